The van der Waals surface area contributed by atoms with Crippen LogP contribution in [-0.4, -0.2) is 26.5 Å². The number of rotatable bonds is 2. The van der Waals surface area contributed by atoms with E-state index in [0.29, 0.717) is 6.54 Å². The third kappa shape index (κ3) is 2.69. The molecule has 6 heteroatoms. The van der Waals surface area contributed by atoms with Gasteiger partial charge in [0.25, 0.3) is 11.5 Å². The topological polar surface area (TPSA) is 79.8 Å². The number of fused-ring (bicyclic) bond motifs is 2. The summed E-state index contributed by atoms with van der Waals surface area (Å²) in [6.45, 7) is 0.712. The Balaban J connectivity index is 1.52. The van der Waals surface area contributed by atoms with Gasteiger partial charge in [0.15, 0.2) is 0 Å². The third-order valence-corrected chi connectivity index (χ3v) is 4.85. The first-order valence-corrected chi connectivity index (χ1v) is 8.26. The van der Waals surface area contributed by atoms with Crippen molar-refractivity contribution in [2.75, 3.05) is 0 Å². The van der Waals surface area contributed by atoms with Gasteiger partial charge >= 0.3 is 0 Å². The number of amides is 1. The summed E-state index contributed by atoms with van der Waals surface area (Å²) in [6.07, 6.45) is 9.47. The lowest BCUT2D eigenvalue weighted by molar-refractivity contribution is 0.0926. The number of hydrogen-bond donors (Lipinski definition) is 2. The molecule has 0 aromatic carbocycles. The van der Waals surface area contributed by atoms with Gasteiger partial charge in [0.2, 0.25) is 0 Å². The monoisotopic (exact) mass is 312 g/mol. The Morgan fingerprint density at radius 1 is 1.30 bits per heavy atom. The summed E-state index contributed by atoms with van der Waals surface area (Å²) in [5.74, 6) is 0.787. The van der Waals surface area contributed by atoms with Gasteiger partial charge in [0.05, 0.1) is 0 Å². The van der Waals surface area contributed by atoms with Crippen LogP contribution in [0.2, 0.25) is 0 Å². The normalized spacial score (nSPS) is 19.7. The number of pyridine rings is 1. The molecule has 1 amide bonds. The molecule has 2 N–H and O–H groups in total. The van der Waals surface area contributed by atoms with Crippen LogP contribution in [0.4, 0.5) is 0 Å². The number of nitrogens with zero attached hydrogens (tertiary/aromatic N) is 2. The smallest absolute Gasteiger partial charge is 0.261 e. The number of aromatic nitrogens is 3. The minimum absolute atomic E-state index is 0.0413. The summed E-state index contributed by atoms with van der Waals surface area (Å²) < 4.78 is 2.06. The summed E-state index contributed by atoms with van der Waals surface area (Å²) in [5, 5.41) is 3.01. The zero-order chi connectivity index (χ0) is 15.8. The fourth-order valence-electron chi connectivity index (χ4n) is 3.59. The fraction of sp³-hybridized carbons (Fsp3) is 0.471. The quantitative estimate of drug-likeness (QED) is 0.874. The molecule has 0 saturated heterocycles. The van der Waals surface area contributed by atoms with Gasteiger partial charge in [-0.05, 0) is 43.7 Å². The molecule has 3 heterocycles. The van der Waals surface area contributed by atoms with E-state index in [9.17, 15) is 9.59 Å². The minimum Gasteiger partial charge on any atom is -0.347 e. The Morgan fingerprint density at radius 3 is 3.09 bits per heavy atom. The number of nitrogens with one attached hydrogen (secondary N) is 2. The molecule has 1 aliphatic carbocycles. The molecule has 6 nitrogen and oxygen atoms in total. The molecule has 4 rings (SSSR count). The number of aromatic amines is 1. The maximum Gasteiger partial charge on any atom is 0.261 e. The Kier molecular flexibility index (Phi) is 3.52. The summed E-state index contributed by atoms with van der Waals surface area (Å²) in [5.41, 5.74) is 2.07. The van der Waals surface area contributed by atoms with E-state index in [0.717, 1.165) is 55.6 Å². The number of carbonyl (C=O) groups excluding carboxylic acids is 1. The first-order chi connectivity index (χ1) is 11.2. The van der Waals surface area contributed by atoms with Crippen LogP contribution < -0.4 is 10.9 Å². The van der Waals surface area contributed by atoms with E-state index in [-0.39, 0.29) is 23.1 Å². The van der Waals surface area contributed by atoms with Crippen molar-refractivity contribution in [2.45, 2.75) is 51.1 Å². The van der Waals surface area contributed by atoms with E-state index in [2.05, 4.69) is 19.9 Å². The molecule has 2 aliphatic rings. The van der Waals surface area contributed by atoms with Gasteiger partial charge in [0.1, 0.15) is 11.4 Å². The van der Waals surface area contributed by atoms with E-state index in [1.807, 2.05) is 6.20 Å². The van der Waals surface area contributed by atoms with E-state index >= 15 is 0 Å². The standard InChI is InChI=1S/C17H20N4O2/c22-16(19-12-5-6-15-18-7-8-21(15)10-12)13-9-11-3-1-2-4-14(11)20-17(13)23/h7-9,12H,1-6,10H2,(H,19,22)(H,20,23)/t12-/m0/s1. The van der Waals surface area contributed by atoms with Crippen molar-refractivity contribution in [1.82, 2.24) is 19.9 Å². The van der Waals surface area contributed by atoms with Crippen LogP contribution in [0.1, 0.15) is 46.7 Å². The lowest BCUT2D eigenvalue weighted by Gasteiger charge is -2.25. The van der Waals surface area contributed by atoms with Gasteiger partial charge in [-0.15, -0.1) is 0 Å². The summed E-state index contributed by atoms with van der Waals surface area (Å²) >= 11 is 0. The first-order valence-electron chi connectivity index (χ1n) is 8.26. The second kappa shape index (κ2) is 5.68. The maximum atomic E-state index is 12.5. The number of carbonyl (C=O) groups is 1. The first kappa shape index (κ1) is 14.2. The lowest BCUT2D eigenvalue weighted by Crippen LogP contribution is -2.42. The predicted octanol–water partition coefficient (Wildman–Crippen LogP) is 1.19. The van der Waals surface area contributed by atoms with E-state index < -0.39 is 0 Å². The van der Waals surface area contributed by atoms with Crippen LogP contribution in [0.5, 0.6) is 0 Å². The van der Waals surface area contributed by atoms with Crippen LogP contribution in [0.3, 0.4) is 0 Å². The van der Waals surface area contributed by atoms with Crippen molar-refractivity contribution in [3.05, 3.63) is 51.5 Å². The van der Waals surface area contributed by atoms with Crippen LogP contribution in [-0.2, 0) is 25.8 Å². The van der Waals surface area contributed by atoms with E-state index in [4.69, 9.17) is 0 Å². The maximum absolute atomic E-state index is 12.5. The molecule has 23 heavy (non-hydrogen) atoms. The van der Waals surface area contributed by atoms with E-state index in [1.54, 1.807) is 12.3 Å². The fourth-order valence-corrected chi connectivity index (χ4v) is 3.59. The van der Waals surface area contributed by atoms with Crippen LogP contribution >= 0.6 is 0 Å². The Morgan fingerprint density at radius 2 is 2.17 bits per heavy atom. The molecule has 0 bridgehead atoms. The van der Waals surface area contributed by atoms with Crippen LogP contribution in [0, 0.1) is 0 Å². The largest absolute Gasteiger partial charge is 0.347 e. The molecular weight excluding hydrogens is 292 g/mol. The lowest BCUT2D eigenvalue weighted by atomic mass is 9.95. The molecule has 120 valence electrons. The molecule has 0 saturated carbocycles. The molecule has 0 radical (unpaired) electrons. The summed E-state index contributed by atoms with van der Waals surface area (Å²) in [4.78, 5) is 31.9. The highest BCUT2D eigenvalue weighted by atomic mass is 16.2. The molecule has 1 atom stereocenters. The molecule has 0 unspecified atom stereocenters. The molecule has 2 aromatic rings. The molecular formula is C17H20N4O2. The molecule has 0 spiro atoms. The Labute approximate surface area is 133 Å². The van der Waals surface area contributed by atoms with Gasteiger partial charge in [0, 0.05) is 37.1 Å². The average molecular weight is 312 g/mol. The molecule has 0 fully saturated rings. The third-order valence-electron chi connectivity index (χ3n) is 4.85. The SMILES string of the molecule is O=C(N[C@H]1CCc2nccn2C1)c1cc2c([nH]c1=O)CCCC2. The van der Waals surface area contributed by atoms with Crippen LogP contribution in [0.15, 0.2) is 23.3 Å². The Bertz CT molecular complexity index is 805. The van der Waals surface area contributed by atoms with Gasteiger partial charge in [-0.25, -0.2) is 4.98 Å². The highest BCUT2D eigenvalue weighted by Gasteiger charge is 2.23. The van der Waals surface area contributed by atoms with Gasteiger partial charge in [-0.3, -0.25) is 9.59 Å². The van der Waals surface area contributed by atoms with Crippen molar-refractivity contribution >= 4 is 5.91 Å². The van der Waals surface area contributed by atoms with Crippen molar-refractivity contribution in [3.63, 3.8) is 0 Å². The molecule has 2 aromatic heterocycles. The summed E-state index contributed by atoms with van der Waals surface area (Å²) in [7, 11) is 0. The summed E-state index contributed by atoms with van der Waals surface area (Å²) in [6, 6.07) is 1.83. The zero-order valence-electron chi connectivity index (χ0n) is 13.0. The van der Waals surface area contributed by atoms with Crippen molar-refractivity contribution in [2.24, 2.45) is 0 Å². The van der Waals surface area contributed by atoms with Crippen molar-refractivity contribution in [3.8, 4) is 0 Å². The number of imidazole rings is 1. The zero-order valence-corrected chi connectivity index (χ0v) is 13.0. The van der Waals surface area contributed by atoms with Gasteiger partial charge in [-0.2, -0.15) is 0 Å². The number of hydrogen-bond acceptors (Lipinski definition) is 3. The van der Waals surface area contributed by atoms with Gasteiger partial charge in [-0.1, -0.05) is 0 Å². The van der Waals surface area contributed by atoms with Crippen molar-refractivity contribution < 1.29 is 4.79 Å². The number of H-pyrrole nitrogens is 1. The van der Waals surface area contributed by atoms with Crippen molar-refractivity contribution in [1.29, 1.82) is 0 Å². The number of aryl methyl sites for hydroxylation is 3. The van der Waals surface area contributed by atoms with Crippen LogP contribution in [0.25, 0.3) is 0 Å². The average Bonchev–Trinajstić information content (AvgIpc) is 3.01. The highest BCUT2D eigenvalue weighted by molar-refractivity contribution is 5.94. The predicted molar refractivity (Wildman–Crippen MR) is 85.5 cm³/mol. The van der Waals surface area contributed by atoms with Gasteiger partial charge < -0.3 is 14.9 Å². The minimum atomic E-state index is -0.276. The molecule has 1 aliphatic heterocycles. The highest BCUT2D eigenvalue weighted by Crippen LogP contribution is 2.19. The van der Waals surface area contributed by atoms with E-state index in [1.165, 1.54) is 0 Å². The Hall–Kier alpha value is -2.37. The second-order valence-electron chi connectivity index (χ2n) is 6.43. The second-order valence-corrected chi connectivity index (χ2v) is 6.43.